The average molecular weight is 360 g/mol. The van der Waals surface area contributed by atoms with Crippen molar-refractivity contribution in [1.82, 2.24) is 5.32 Å². The number of carbonyl (C=O) groups excluding carboxylic acids is 2. The number of hydrogen-bond donors (Lipinski definition) is 1. The van der Waals surface area contributed by atoms with Gasteiger partial charge in [0, 0.05) is 4.47 Å². The molecule has 2 atom stereocenters. The molecule has 0 radical (unpaired) electrons. The van der Waals surface area contributed by atoms with Crippen LogP contribution in [0.5, 0.6) is 0 Å². The topological polar surface area (TPSA) is 49.4 Å². The highest BCUT2D eigenvalue weighted by Gasteiger charge is 2.46. The van der Waals surface area contributed by atoms with Crippen LogP contribution in [-0.4, -0.2) is 23.4 Å². The molecule has 1 aliphatic heterocycles. The van der Waals surface area contributed by atoms with Gasteiger partial charge in [-0.1, -0.05) is 34.5 Å². The summed E-state index contributed by atoms with van der Waals surface area (Å²) >= 11 is 9.55. The molecule has 2 unspecified atom stereocenters. The van der Waals surface area contributed by atoms with Crippen LogP contribution in [0.3, 0.4) is 0 Å². The largest absolute Gasteiger partial charge is 0.340 e. The predicted molar refractivity (Wildman–Crippen MR) is 82.9 cm³/mol. The van der Waals surface area contributed by atoms with Crippen molar-refractivity contribution in [2.45, 2.75) is 38.8 Å². The molecule has 0 saturated carbocycles. The smallest absolute Gasteiger partial charge is 0.253 e. The number of anilines is 1. The van der Waals surface area contributed by atoms with E-state index in [1.165, 1.54) is 4.90 Å². The molecule has 6 heteroatoms. The summed E-state index contributed by atoms with van der Waals surface area (Å²) in [5.74, 6) is -0.316. The summed E-state index contributed by atoms with van der Waals surface area (Å²) in [4.78, 5) is 26.3. The zero-order chi connectivity index (χ0) is 15.1. The maximum absolute atomic E-state index is 12.7. The molecule has 0 aliphatic carbocycles. The number of nitrogens with zero attached hydrogens (tertiary/aromatic N) is 1. The first-order valence-electron chi connectivity index (χ1n) is 6.41. The SMILES string of the molecule is CCC1(C)NC(=O)C(C)N(c2ccc(Br)cc2Cl)C1=O. The second kappa shape index (κ2) is 5.37. The van der Waals surface area contributed by atoms with Crippen LogP contribution in [0.2, 0.25) is 5.02 Å². The van der Waals surface area contributed by atoms with Gasteiger partial charge in [0.1, 0.15) is 11.6 Å². The average Bonchev–Trinajstić information content (AvgIpc) is 2.39. The minimum atomic E-state index is -0.889. The van der Waals surface area contributed by atoms with Crippen LogP contribution in [0.15, 0.2) is 22.7 Å². The highest BCUT2D eigenvalue weighted by atomic mass is 79.9. The van der Waals surface area contributed by atoms with Crippen molar-refractivity contribution in [3.8, 4) is 0 Å². The summed E-state index contributed by atoms with van der Waals surface area (Å²) < 4.78 is 0.825. The first kappa shape index (κ1) is 15.3. The maximum Gasteiger partial charge on any atom is 0.253 e. The Morgan fingerprint density at radius 1 is 1.45 bits per heavy atom. The van der Waals surface area contributed by atoms with E-state index < -0.39 is 11.6 Å². The molecule has 108 valence electrons. The van der Waals surface area contributed by atoms with Crippen LogP contribution in [0.25, 0.3) is 0 Å². The molecule has 4 nitrogen and oxygen atoms in total. The van der Waals surface area contributed by atoms with Gasteiger partial charge in [0.15, 0.2) is 0 Å². The van der Waals surface area contributed by atoms with Gasteiger partial charge in [-0.15, -0.1) is 0 Å². The molecule has 1 heterocycles. The lowest BCUT2D eigenvalue weighted by atomic mass is 9.92. The number of benzene rings is 1. The summed E-state index contributed by atoms with van der Waals surface area (Å²) in [5, 5.41) is 3.23. The van der Waals surface area contributed by atoms with E-state index >= 15 is 0 Å². The number of hydrogen-bond acceptors (Lipinski definition) is 2. The molecule has 1 aromatic carbocycles. The van der Waals surface area contributed by atoms with Crippen LogP contribution in [0.1, 0.15) is 27.2 Å². The second-order valence-corrected chi connectivity index (χ2v) is 6.44. The molecular formula is C14H16BrClN2O2. The van der Waals surface area contributed by atoms with E-state index in [2.05, 4.69) is 21.2 Å². The van der Waals surface area contributed by atoms with Crippen molar-refractivity contribution in [3.05, 3.63) is 27.7 Å². The summed E-state index contributed by atoms with van der Waals surface area (Å²) in [6.45, 7) is 5.30. The first-order chi connectivity index (χ1) is 9.30. The number of halogens is 2. The first-order valence-corrected chi connectivity index (χ1v) is 7.58. The van der Waals surface area contributed by atoms with E-state index in [4.69, 9.17) is 11.6 Å². The Labute approximate surface area is 131 Å². The zero-order valence-corrected chi connectivity index (χ0v) is 13.9. The van der Waals surface area contributed by atoms with Crippen molar-refractivity contribution in [3.63, 3.8) is 0 Å². The lowest BCUT2D eigenvalue weighted by Crippen LogP contribution is -2.68. The molecule has 1 N–H and O–H groups in total. The Hall–Kier alpha value is -1.07. The minimum absolute atomic E-state index is 0.142. The second-order valence-electron chi connectivity index (χ2n) is 5.12. The Morgan fingerprint density at radius 3 is 2.65 bits per heavy atom. The van der Waals surface area contributed by atoms with Gasteiger partial charge in [0.25, 0.3) is 5.91 Å². The molecule has 1 fully saturated rings. The summed E-state index contributed by atoms with van der Waals surface area (Å²) in [7, 11) is 0. The molecule has 20 heavy (non-hydrogen) atoms. The molecule has 2 amide bonds. The number of amides is 2. The summed E-state index contributed by atoms with van der Waals surface area (Å²) in [5.41, 5.74) is -0.332. The third-order valence-electron chi connectivity index (χ3n) is 3.73. The Balaban J connectivity index is 2.51. The quantitative estimate of drug-likeness (QED) is 0.882. The summed E-state index contributed by atoms with van der Waals surface area (Å²) in [6, 6.07) is 4.68. The normalized spacial score (nSPS) is 26.6. The van der Waals surface area contributed by atoms with Gasteiger partial charge in [-0.05, 0) is 38.5 Å². The van der Waals surface area contributed by atoms with Crippen molar-refractivity contribution < 1.29 is 9.59 Å². The predicted octanol–water partition coefficient (Wildman–Crippen LogP) is 3.12. The Kier molecular flexibility index (Phi) is 4.12. The van der Waals surface area contributed by atoms with Crippen LogP contribution in [-0.2, 0) is 9.59 Å². The van der Waals surface area contributed by atoms with E-state index in [-0.39, 0.29) is 11.8 Å². The van der Waals surface area contributed by atoms with Gasteiger partial charge in [0.2, 0.25) is 5.91 Å². The van der Waals surface area contributed by atoms with E-state index in [0.717, 1.165) is 4.47 Å². The Morgan fingerprint density at radius 2 is 2.10 bits per heavy atom. The lowest BCUT2D eigenvalue weighted by Gasteiger charge is -2.43. The maximum atomic E-state index is 12.7. The number of carbonyl (C=O) groups is 2. The molecule has 0 bridgehead atoms. The van der Waals surface area contributed by atoms with E-state index in [1.807, 2.05) is 6.92 Å². The minimum Gasteiger partial charge on any atom is -0.340 e. The third kappa shape index (κ3) is 2.44. The highest BCUT2D eigenvalue weighted by molar-refractivity contribution is 9.10. The zero-order valence-electron chi connectivity index (χ0n) is 11.5. The standard InChI is InChI=1S/C14H16BrClN2O2/c1-4-14(3)13(20)18(8(2)12(19)17-14)11-6-5-9(15)7-10(11)16/h5-8H,4H2,1-3H3,(H,17,19). The van der Waals surface area contributed by atoms with Crippen molar-refractivity contribution in [2.75, 3.05) is 4.90 Å². The Bertz CT molecular complexity index is 578. The lowest BCUT2D eigenvalue weighted by molar-refractivity contribution is -0.137. The molecular weight excluding hydrogens is 344 g/mol. The van der Waals surface area contributed by atoms with Gasteiger partial charge in [-0.3, -0.25) is 14.5 Å². The van der Waals surface area contributed by atoms with E-state index in [0.29, 0.717) is 17.1 Å². The monoisotopic (exact) mass is 358 g/mol. The fraction of sp³-hybridized carbons (Fsp3) is 0.429. The van der Waals surface area contributed by atoms with E-state index in [9.17, 15) is 9.59 Å². The van der Waals surface area contributed by atoms with Crippen LogP contribution < -0.4 is 10.2 Å². The summed E-state index contributed by atoms with van der Waals surface area (Å²) in [6.07, 6.45) is 0.523. The van der Waals surface area contributed by atoms with Crippen molar-refractivity contribution in [1.29, 1.82) is 0 Å². The molecule has 0 aromatic heterocycles. The van der Waals surface area contributed by atoms with E-state index in [1.54, 1.807) is 32.0 Å². The van der Waals surface area contributed by atoms with Crippen molar-refractivity contribution in [2.24, 2.45) is 0 Å². The van der Waals surface area contributed by atoms with Crippen LogP contribution >= 0.6 is 27.5 Å². The fourth-order valence-electron chi connectivity index (χ4n) is 2.22. The van der Waals surface area contributed by atoms with Crippen LogP contribution in [0.4, 0.5) is 5.69 Å². The molecule has 0 spiro atoms. The number of nitrogens with one attached hydrogen (secondary N) is 1. The number of rotatable bonds is 2. The van der Waals surface area contributed by atoms with Crippen molar-refractivity contribution >= 4 is 45.0 Å². The van der Waals surface area contributed by atoms with Gasteiger partial charge >= 0.3 is 0 Å². The molecule has 1 aromatic rings. The van der Waals surface area contributed by atoms with Gasteiger partial charge in [-0.25, -0.2) is 0 Å². The molecule has 1 saturated heterocycles. The van der Waals surface area contributed by atoms with Gasteiger partial charge in [0.05, 0.1) is 10.7 Å². The van der Waals surface area contributed by atoms with Gasteiger partial charge < -0.3 is 5.32 Å². The fourth-order valence-corrected chi connectivity index (χ4v) is 2.99. The molecule has 1 aliphatic rings. The number of piperazine rings is 1. The third-order valence-corrected chi connectivity index (χ3v) is 4.53. The van der Waals surface area contributed by atoms with Gasteiger partial charge in [-0.2, -0.15) is 0 Å². The highest BCUT2D eigenvalue weighted by Crippen LogP contribution is 2.34. The van der Waals surface area contributed by atoms with Crippen LogP contribution in [0, 0.1) is 0 Å². The molecule has 2 rings (SSSR count).